The van der Waals surface area contributed by atoms with Crippen molar-refractivity contribution in [2.24, 2.45) is 4.99 Å². The highest BCUT2D eigenvalue weighted by atomic mass is 35.7. The number of nitrogens with zero attached hydrogens (tertiary/aromatic N) is 2. The molecule has 0 amide bonds. The number of halogens is 2. The van der Waals surface area contributed by atoms with Crippen LogP contribution in [0.4, 0.5) is 5.69 Å². The Morgan fingerprint density at radius 1 is 1.22 bits per heavy atom. The minimum Gasteiger partial charge on any atom is -0.366 e. The van der Waals surface area contributed by atoms with Crippen LogP contribution in [0.1, 0.15) is 16.7 Å². The Bertz CT molecular complexity index is 1040. The maximum absolute atomic E-state index is 11.7. The molecular weight excluding hydrogens is 427 g/mol. The van der Waals surface area contributed by atoms with E-state index in [0.717, 1.165) is 16.8 Å². The first-order chi connectivity index (χ1) is 12.5. The maximum atomic E-state index is 11.7. The summed E-state index contributed by atoms with van der Waals surface area (Å²) in [6.45, 7) is 4.00. The van der Waals surface area contributed by atoms with Gasteiger partial charge in [0.2, 0.25) is 0 Å². The van der Waals surface area contributed by atoms with Crippen molar-refractivity contribution < 1.29 is 13.5 Å². The lowest BCUT2D eigenvalue weighted by atomic mass is 10.0. The van der Waals surface area contributed by atoms with Crippen molar-refractivity contribution in [1.82, 2.24) is 4.90 Å². The summed E-state index contributed by atoms with van der Waals surface area (Å²) in [5.74, 6) is 0.288. The van der Waals surface area contributed by atoms with E-state index in [4.69, 9.17) is 22.3 Å². The zero-order chi connectivity index (χ0) is 20.0. The predicted octanol–water partition coefficient (Wildman–Crippen LogP) is 4.40. The van der Waals surface area contributed by atoms with Crippen LogP contribution in [0.15, 0.2) is 46.3 Å². The van der Waals surface area contributed by atoms with Crippen molar-refractivity contribution in [2.45, 2.75) is 24.5 Å². The van der Waals surface area contributed by atoms with E-state index >= 15 is 0 Å². The van der Waals surface area contributed by atoms with Crippen LogP contribution in [0.5, 0.6) is 0 Å². The van der Waals surface area contributed by atoms with Gasteiger partial charge in [0.05, 0.1) is 16.5 Å². The van der Waals surface area contributed by atoms with Gasteiger partial charge in [0.15, 0.2) is 10.9 Å². The quantitative estimate of drug-likeness (QED) is 0.710. The average molecular weight is 445 g/mol. The third-order valence-electron chi connectivity index (χ3n) is 4.47. The highest BCUT2D eigenvalue weighted by molar-refractivity contribution is 8.14. The molecule has 2 aromatic carbocycles. The second-order valence-corrected chi connectivity index (χ2v) is 10.3. The first kappa shape index (κ1) is 20.5. The van der Waals surface area contributed by atoms with Crippen LogP contribution < -0.4 is 0 Å². The van der Waals surface area contributed by atoms with Gasteiger partial charge in [-0.2, -0.15) is 0 Å². The first-order valence-corrected chi connectivity index (χ1v) is 11.7. The summed E-state index contributed by atoms with van der Waals surface area (Å²) in [6.07, 6.45) is 0. The van der Waals surface area contributed by atoms with E-state index in [-0.39, 0.29) is 15.7 Å². The lowest BCUT2D eigenvalue weighted by molar-refractivity contribution is -0.0349. The van der Waals surface area contributed by atoms with Gasteiger partial charge < -0.3 is 10.0 Å². The third-order valence-corrected chi connectivity index (χ3v) is 7.44. The Morgan fingerprint density at radius 3 is 2.56 bits per heavy atom. The molecule has 9 heteroatoms. The molecule has 1 aliphatic rings. The number of aliphatic imine (C=N–C) groups is 1. The lowest BCUT2D eigenvalue weighted by Gasteiger charge is -2.31. The largest absolute Gasteiger partial charge is 0.366 e. The van der Waals surface area contributed by atoms with Gasteiger partial charge in [0.25, 0.3) is 9.05 Å². The Morgan fingerprint density at radius 2 is 1.93 bits per heavy atom. The summed E-state index contributed by atoms with van der Waals surface area (Å²) in [7, 11) is 3.14. The molecular formula is C18H18Cl2N2O3S2. The molecule has 5 nitrogen and oxygen atoms in total. The van der Waals surface area contributed by atoms with E-state index in [1.165, 1.54) is 23.9 Å². The number of aryl methyl sites for hydroxylation is 2. The summed E-state index contributed by atoms with van der Waals surface area (Å²) < 4.78 is 23.5. The molecule has 0 aliphatic carbocycles. The molecule has 144 valence electrons. The molecule has 1 fully saturated rings. The highest BCUT2D eigenvalue weighted by Crippen LogP contribution is 2.40. The fourth-order valence-electron chi connectivity index (χ4n) is 2.87. The molecule has 1 saturated heterocycles. The van der Waals surface area contributed by atoms with Crippen molar-refractivity contribution in [1.29, 1.82) is 0 Å². The summed E-state index contributed by atoms with van der Waals surface area (Å²) in [5.41, 5.74) is 1.96. The monoisotopic (exact) mass is 444 g/mol. The van der Waals surface area contributed by atoms with Crippen molar-refractivity contribution in [3.05, 3.63) is 58.1 Å². The minimum atomic E-state index is -4.03. The van der Waals surface area contributed by atoms with Crippen molar-refractivity contribution in [2.75, 3.05) is 12.8 Å². The van der Waals surface area contributed by atoms with Crippen molar-refractivity contribution in [3.63, 3.8) is 0 Å². The SMILES string of the molecule is Cc1ccc(N=C2SCC(O)(c3ccc(Cl)c(S(=O)(=O)Cl)c3)N2C)c(C)c1. The van der Waals surface area contributed by atoms with Crippen LogP contribution in [-0.4, -0.2) is 36.4 Å². The minimum absolute atomic E-state index is 0.00910. The van der Waals surface area contributed by atoms with Gasteiger partial charge in [0, 0.05) is 23.3 Å². The second kappa shape index (κ2) is 7.29. The van der Waals surface area contributed by atoms with E-state index in [1.807, 2.05) is 32.0 Å². The van der Waals surface area contributed by atoms with Crippen LogP contribution >= 0.6 is 34.0 Å². The van der Waals surface area contributed by atoms with Crippen LogP contribution in [0.3, 0.4) is 0 Å². The number of hydrogen-bond acceptors (Lipinski definition) is 5. The molecule has 0 radical (unpaired) electrons. The maximum Gasteiger partial charge on any atom is 0.262 e. The van der Waals surface area contributed by atoms with E-state index < -0.39 is 14.8 Å². The average Bonchev–Trinajstić information content (AvgIpc) is 2.86. The molecule has 3 rings (SSSR count). The zero-order valence-corrected chi connectivity index (χ0v) is 18.0. The van der Waals surface area contributed by atoms with Crippen LogP contribution in [-0.2, 0) is 14.8 Å². The van der Waals surface area contributed by atoms with Crippen molar-refractivity contribution >= 4 is 54.0 Å². The third kappa shape index (κ3) is 3.98. The van der Waals surface area contributed by atoms with E-state index in [0.29, 0.717) is 10.7 Å². The summed E-state index contributed by atoms with van der Waals surface area (Å²) in [5, 5.41) is 11.9. The molecule has 1 atom stereocenters. The van der Waals surface area contributed by atoms with Gasteiger partial charge in [-0.15, -0.1) is 0 Å². The number of rotatable bonds is 3. The Balaban J connectivity index is 2.00. The van der Waals surface area contributed by atoms with Gasteiger partial charge >= 0.3 is 0 Å². The van der Waals surface area contributed by atoms with E-state index in [1.54, 1.807) is 18.0 Å². The zero-order valence-electron chi connectivity index (χ0n) is 14.9. The number of thioether (sulfide) groups is 1. The summed E-state index contributed by atoms with van der Waals surface area (Å²) >= 11 is 7.34. The number of aliphatic hydroxyl groups is 1. The molecule has 2 aromatic rings. The number of amidine groups is 1. The predicted molar refractivity (Wildman–Crippen MR) is 112 cm³/mol. The topological polar surface area (TPSA) is 70.0 Å². The standard InChI is InChI=1S/C18H18Cl2N2O3S2/c1-11-4-7-15(12(2)8-11)21-17-22(3)18(23,10-26-17)13-5-6-14(19)16(9-13)27(20,24)25/h4-9,23H,10H2,1-3H3. The lowest BCUT2D eigenvalue weighted by Crippen LogP contribution is -2.42. The normalized spacial score (nSPS) is 21.9. The Hall–Kier alpha value is -1.25. The van der Waals surface area contributed by atoms with Gasteiger partial charge in [-0.25, -0.2) is 13.4 Å². The Labute approximate surface area is 172 Å². The van der Waals surface area contributed by atoms with Crippen LogP contribution in [0.25, 0.3) is 0 Å². The smallest absolute Gasteiger partial charge is 0.262 e. The number of hydrogen-bond donors (Lipinski definition) is 1. The highest BCUT2D eigenvalue weighted by Gasteiger charge is 2.43. The molecule has 0 saturated carbocycles. The van der Waals surface area contributed by atoms with Gasteiger partial charge in [-0.05, 0) is 37.6 Å². The fourth-order valence-corrected chi connectivity index (χ4v) is 5.57. The fraction of sp³-hybridized carbons (Fsp3) is 0.278. The molecule has 1 unspecified atom stereocenters. The summed E-state index contributed by atoms with van der Waals surface area (Å²) in [4.78, 5) is 6.07. The molecule has 0 aromatic heterocycles. The first-order valence-electron chi connectivity index (χ1n) is 8.02. The second-order valence-electron chi connectivity index (χ2n) is 6.43. The van der Waals surface area contributed by atoms with Gasteiger partial charge in [-0.3, -0.25) is 0 Å². The van der Waals surface area contributed by atoms with Crippen LogP contribution in [0.2, 0.25) is 5.02 Å². The number of benzene rings is 2. The van der Waals surface area contributed by atoms with Crippen LogP contribution in [0, 0.1) is 13.8 Å². The molecule has 1 heterocycles. The molecule has 27 heavy (non-hydrogen) atoms. The van der Waals surface area contributed by atoms with E-state index in [9.17, 15) is 13.5 Å². The molecule has 1 N–H and O–H groups in total. The Kier molecular flexibility index (Phi) is 5.53. The van der Waals surface area contributed by atoms with E-state index in [2.05, 4.69) is 4.99 Å². The molecule has 0 spiro atoms. The molecule has 1 aliphatic heterocycles. The van der Waals surface area contributed by atoms with Gasteiger partial charge in [0.1, 0.15) is 4.90 Å². The van der Waals surface area contributed by atoms with Crippen molar-refractivity contribution in [3.8, 4) is 0 Å². The van der Waals surface area contributed by atoms with Gasteiger partial charge in [-0.1, -0.05) is 47.1 Å². The molecule has 0 bridgehead atoms. The summed E-state index contributed by atoms with van der Waals surface area (Å²) in [6, 6.07) is 10.3.